The van der Waals surface area contributed by atoms with E-state index in [-0.39, 0.29) is 6.61 Å². The van der Waals surface area contributed by atoms with Gasteiger partial charge in [0.15, 0.2) is 0 Å². The van der Waals surface area contributed by atoms with Gasteiger partial charge in [-0.25, -0.2) is 0 Å². The lowest BCUT2D eigenvalue weighted by Gasteiger charge is -2.21. The van der Waals surface area contributed by atoms with Crippen LogP contribution in [0.3, 0.4) is 0 Å². The smallest absolute Gasteiger partial charge is 0.0479 e. The Morgan fingerprint density at radius 3 is 2.94 bits per heavy atom. The van der Waals surface area contributed by atoms with Gasteiger partial charge in [-0.15, -0.1) is 0 Å². The fourth-order valence-electron chi connectivity index (χ4n) is 2.29. The number of hydrogen-bond acceptors (Lipinski definition) is 3. The second-order valence-electron chi connectivity index (χ2n) is 4.36. The number of benzene rings is 1. The molecule has 3 nitrogen and oxygen atoms in total. The molecule has 2 unspecified atom stereocenters. The molecule has 1 saturated carbocycles. The van der Waals surface area contributed by atoms with Gasteiger partial charge in [0.2, 0.25) is 0 Å². The normalized spacial score (nSPS) is 24.6. The third-order valence-electron chi connectivity index (χ3n) is 3.23. The maximum Gasteiger partial charge on any atom is 0.0479 e. The van der Waals surface area contributed by atoms with Crippen molar-refractivity contribution in [3.8, 4) is 0 Å². The lowest BCUT2D eigenvalue weighted by Crippen LogP contribution is -2.26. The van der Waals surface area contributed by atoms with Crippen LogP contribution in [0.5, 0.6) is 0 Å². The van der Waals surface area contributed by atoms with Gasteiger partial charge in [0, 0.05) is 33.5 Å². The number of nitrogens with two attached hydrogens (primary N) is 1. The quantitative estimate of drug-likeness (QED) is 0.589. The highest BCUT2D eigenvalue weighted by Gasteiger charge is 2.26. The minimum Gasteiger partial charge on any atom is -0.399 e. The van der Waals surface area contributed by atoms with E-state index in [4.69, 9.17) is 5.73 Å². The molecular formula is C12H17IN2O. The molecule has 0 heterocycles. The molecule has 2 atom stereocenters. The lowest BCUT2D eigenvalue weighted by atomic mass is 10.0. The summed E-state index contributed by atoms with van der Waals surface area (Å²) in [6.07, 6.45) is 3.47. The molecule has 4 N–H and O–H groups in total. The minimum absolute atomic E-state index is 0.281. The van der Waals surface area contributed by atoms with Crippen molar-refractivity contribution in [2.24, 2.45) is 5.92 Å². The third-order valence-corrected chi connectivity index (χ3v) is 4.12. The molecule has 0 aromatic heterocycles. The van der Waals surface area contributed by atoms with Crippen LogP contribution < -0.4 is 11.1 Å². The summed E-state index contributed by atoms with van der Waals surface area (Å²) in [6, 6.07) is 6.30. The number of nitrogen functional groups attached to an aromatic ring is 1. The zero-order valence-corrected chi connectivity index (χ0v) is 11.3. The van der Waals surface area contributed by atoms with E-state index in [0.29, 0.717) is 12.0 Å². The molecule has 0 radical (unpaired) electrons. The van der Waals surface area contributed by atoms with Crippen LogP contribution in [0.2, 0.25) is 0 Å². The summed E-state index contributed by atoms with van der Waals surface area (Å²) in [6.45, 7) is 0.281. The molecule has 88 valence electrons. The molecule has 2 rings (SSSR count). The first-order chi connectivity index (χ1) is 7.70. The topological polar surface area (TPSA) is 58.3 Å². The lowest BCUT2D eigenvalue weighted by molar-refractivity contribution is 0.222. The molecule has 0 spiro atoms. The van der Waals surface area contributed by atoms with E-state index in [0.717, 1.165) is 27.8 Å². The Morgan fingerprint density at radius 1 is 1.44 bits per heavy atom. The molecule has 0 aliphatic heterocycles. The van der Waals surface area contributed by atoms with Crippen LogP contribution in [0.25, 0.3) is 0 Å². The maximum absolute atomic E-state index is 9.27. The highest BCUT2D eigenvalue weighted by atomic mass is 127. The molecule has 1 aliphatic carbocycles. The van der Waals surface area contributed by atoms with Gasteiger partial charge < -0.3 is 16.2 Å². The molecule has 0 saturated heterocycles. The molecule has 4 heteroatoms. The summed E-state index contributed by atoms with van der Waals surface area (Å²) < 4.78 is 1.14. The maximum atomic E-state index is 9.27. The van der Waals surface area contributed by atoms with Crippen LogP contribution >= 0.6 is 22.6 Å². The second kappa shape index (κ2) is 5.23. The Morgan fingerprint density at radius 2 is 2.25 bits per heavy atom. The van der Waals surface area contributed by atoms with Crippen LogP contribution in [0.15, 0.2) is 18.2 Å². The highest BCUT2D eigenvalue weighted by Crippen LogP contribution is 2.30. The molecule has 0 bridgehead atoms. The van der Waals surface area contributed by atoms with Crippen molar-refractivity contribution >= 4 is 34.0 Å². The summed E-state index contributed by atoms with van der Waals surface area (Å²) in [5, 5.41) is 12.8. The van der Waals surface area contributed by atoms with E-state index in [1.165, 1.54) is 6.42 Å². The highest BCUT2D eigenvalue weighted by molar-refractivity contribution is 14.1. The first-order valence-corrected chi connectivity index (χ1v) is 6.71. The first-order valence-electron chi connectivity index (χ1n) is 5.63. The molecule has 1 aromatic carbocycles. The second-order valence-corrected chi connectivity index (χ2v) is 5.53. The Balaban J connectivity index is 2.08. The standard InChI is InChI=1S/C12H17IN2O/c13-10-6-9(14)4-5-12(10)15-11-3-1-2-8(11)7-16/h4-6,8,11,15-16H,1-3,7,14H2. The van der Waals surface area contributed by atoms with Crippen LogP contribution in [0.4, 0.5) is 11.4 Å². The van der Waals surface area contributed by atoms with Crippen LogP contribution in [-0.2, 0) is 0 Å². The third kappa shape index (κ3) is 2.60. The van der Waals surface area contributed by atoms with E-state index in [9.17, 15) is 5.11 Å². The summed E-state index contributed by atoms with van der Waals surface area (Å²) in [5.41, 5.74) is 7.63. The van der Waals surface area contributed by atoms with Crippen LogP contribution in [-0.4, -0.2) is 17.8 Å². The molecule has 0 amide bonds. The first kappa shape index (κ1) is 12.0. The SMILES string of the molecule is Nc1ccc(NC2CCCC2CO)c(I)c1. The molecule has 1 aromatic rings. The predicted octanol–water partition coefficient (Wildman–Crippen LogP) is 2.45. The van der Waals surface area contributed by atoms with Crippen molar-refractivity contribution in [2.75, 3.05) is 17.7 Å². The van der Waals surface area contributed by atoms with E-state index in [1.54, 1.807) is 0 Å². The van der Waals surface area contributed by atoms with E-state index < -0.39 is 0 Å². The predicted molar refractivity (Wildman–Crippen MR) is 75.4 cm³/mol. The summed E-state index contributed by atoms with van der Waals surface area (Å²) >= 11 is 2.29. The molecule has 1 fully saturated rings. The van der Waals surface area contributed by atoms with Gasteiger partial charge >= 0.3 is 0 Å². The number of rotatable bonds is 3. The monoisotopic (exact) mass is 332 g/mol. The van der Waals surface area contributed by atoms with Gasteiger partial charge in [0.1, 0.15) is 0 Å². The Bertz CT molecular complexity index is 370. The largest absolute Gasteiger partial charge is 0.399 e. The summed E-state index contributed by atoms with van der Waals surface area (Å²) in [5.74, 6) is 0.397. The molecule has 16 heavy (non-hydrogen) atoms. The van der Waals surface area contributed by atoms with Crippen molar-refractivity contribution in [3.63, 3.8) is 0 Å². The number of hydrogen-bond donors (Lipinski definition) is 3. The fraction of sp³-hybridized carbons (Fsp3) is 0.500. The van der Waals surface area contributed by atoms with E-state index in [2.05, 4.69) is 27.9 Å². The Hall–Kier alpha value is -0.490. The van der Waals surface area contributed by atoms with Crippen LogP contribution in [0, 0.1) is 9.49 Å². The van der Waals surface area contributed by atoms with Gasteiger partial charge in [-0.2, -0.15) is 0 Å². The van der Waals surface area contributed by atoms with E-state index >= 15 is 0 Å². The zero-order chi connectivity index (χ0) is 11.5. The summed E-state index contributed by atoms with van der Waals surface area (Å²) in [7, 11) is 0. The van der Waals surface area contributed by atoms with Gasteiger partial charge in [-0.3, -0.25) is 0 Å². The van der Waals surface area contributed by atoms with Gasteiger partial charge in [-0.05, 0) is 53.6 Å². The van der Waals surface area contributed by atoms with Crippen molar-refractivity contribution in [1.29, 1.82) is 0 Å². The zero-order valence-electron chi connectivity index (χ0n) is 9.12. The number of aliphatic hydroxyl groups is 1. The van der Waals surface area contributed by atoms with Crippen LogP contribution in [0.1, 0.15) is 19.3 Å². The number of halogens is 1. The average molecular weight is 332 g/mol. The number of aliphatic hydroxyl groups excluding tert-OH is 1. The number of anilines is 2. The van der Waals surface area contributed by atoms with Crippen molar-refractivity contribution in [3.05, 3.63) is 21.8 Å². The van der Waals surface area contributed by atoms with Gasteiger partial charge in [0.25, 0.3) is 0 Å². The van der Waals surface area contributed by atoms with Crippen molar-refractivity contribution < 1.29 is 5.11 Å². The Kier molecular flexibility index (Phi) is 3.91. The fourth-order valence-corrected chi connectivity index (χ4v) is 2.99. The average Bonchev–Trinajstić information content (AvgIpc) is 2.69. The van der Waals surface area contributed by atoms with E-state index in [1.807, 2.05) is 18.2 Å². The van der Waals surface area contributed by atoms with Crippen molar-refractivity contribution in [2.45, 2.75) is 25.3 Å². The Labute approximate surface area is 110 Å². The number of nitrogens with one attached hydrogen (secondary N) is 1. The van der Waals surface area contributed by atoms with Gasteiger partial charge in [-0.1, -0.05) is 6.42 Å². The molecular weight excluding hydrogens is 315 g/mol. The summed E-state index contributed by atoms with van der Waals surface area (Å²) in [4.78, 5) is 0. The molecule has 1 aliphatic rings. The minimum atomic E-state index is 0.281. The van der Waals surface area contributed by atoms with Crippen molar-refractivity contribution in [1.82, 2.24) is 0 Å². The van der Waals surface area contributed by atoms with Gasteiger partial charge in [0.05, 0.1) is 0 Å².